The van der Waals surface area contributed by atoms with Crippen molar-refractivity contribution >= 4 is 11.7 Å². The Morgan fingerprint density at radius 3 is 2.74 bits per heavy atom. The lowest BCUT2D eigenvalue weighted by molar-refractivity contribution is 0.248. The van der Waals surface area contributed by atoms with Crippen LogP contribution in [-0.2, 0) is 13.0 Å². The van der Waals surface area contributed by atoms with Gasteiger partial charge in [-0.3, -0.25) is 5.10 Å². The number of amides is 2. The molecule has 9 heteroatoms. The van der Waals surface area contributed by atoms with Crippen molar-refractivity contribution in [2.45, 2.75) is 46.2 Å². The van der Waals surface area contributed by atoms with Crippen molar-refractivity contribution in [3.63, 3.8) is 0 Å². The second-order valence-corrected chi connectivity index (χ2v) is 6.37. The van der Waals surface area contributed by atoms with Gasteiger partial charge in [0, 0.05) is 18.7 Å². The first-order valence-electron chi connectivity index (χ1n) is 8.97. The van der Waals surface area contributed by atoms with E-state index in [1.165, 1.54) is 6.33 Å². The van der Waals surface area contributed by atoms with Crippen LogP contribution in [0.2, 0.25) is 0 Å². The molecule has 3 aromatic rings. The second kappa shape index (κ2) is 8.43. The molecular weight excluding hydrogens is 344 g/mol. The molecule has 3 rings (SSSR count). The number of anilines is 1. The maximum Gasteiger partial charge on any atom is 0.319 e. The number of hydrogen-bond donors (Lipinski definition) is 3. The highest BCUT2D eigenvalue weighted by atomic mass is 16.2. The minimum atomic E-state index is -0.286. The van der Waals surface area contributed by atoms with Gasteiger partial charge in [0.2, 0.25) is 0 Å². The highest BCUT2D eigenvalue weighted by molar-refractivity contribution is 5.89. The van der Waals surface area contributed by atoms with Crippen LogP contribution < -0.4 is 10.6 Å². The van der Waals surface area contributed by atoms with Crippen LogP contribution in [0.1, 0.15) is 49.3 Å². The first-order valence-corrected chi connectivity index (χ1v) is 8.97. The zero-order valence-electron chi connectivity index (χ0n) is 15.7. The van der Waals surface area contributed by atoms with Crippen LogP contribution in [0.4, 0.5) is 10.5 Å². The Labute approximate surface area is 157 Å². The lowest BCUT2D eigenvalue weighted by atomic mass is 10.1. The summed E-state index contributed by atoms with van der Waals surface area (Å²) in [4.78, 5) is 20.8. The number of benzene rings is 1. The molecule has 1 atom stereocenters. The second-order valence-electron chi connectivity index (χ2n) is 6.37. The Balaban J connectivity index is 1.55. The number of aryl methyl sites for hydroxylation is 2. The van der Waals surface area contributed by atoms with E-state index in [4.69, 9.17) is 0 Å². The Hall–Kier alpha value is -3.23. The number of rotatable bonds is 7. The number of aromatic nitrogens is 6. The van der Waals surface area contributed by atoms with Gasteiger partial charge in [-0.2, -0.15) is 10.2 Å². The van der Waals surface area contributed by atoms with E-state index in [1.807, 2.05) is 42.8 Å². The molecule has 0 radical (unpaired) electrons. The maximum absolute atomic E-state index is 12.3. The summed E-state index contributed by atoms with van der Waals surface area (Å²) in [6.07, 6.45) is 3.10. The molecule has 2 amide bonds. The van der Waals surface area contributed by atoms with Crippen LogP contribution in [0.5, 0.6) is 0 Å². The molecular formula is C18H24N8O. The normalized spacial score (nSPS) is 12.0. The van der Waals surface area contributed by atoms with E-state index in [0.29, 0.717) is 12.1 Å². The van der Waals surface area contributed by atoms with Crippen molar-refractivity contribution in [1.29, 1.82) is 0 Å². The van der Waals surface area contributed by atoms with Gasteiger partial charge in [-0.05, 0) is 38.0 Å². The number of nitrogens with zero attached hydrogens (tertiary/aromatic N) is 5. The number of hydrogen-bond acceptors (Lipinski definition) is 5. The Morgan fingerprint density at radius 2 is 2.07 bits per heavy atom. The standard InChI is InChI=1S/C18H24N8O/c1-4-9-26-17(19-11-20-26)12(2)21-18(27)23-15-7-5-14(6-8-15)10-16-22-13(3)24-25-16/h5-8,11-12H,4,9-10H2,1-3H3,(H2,21,23,27)(H,22,24,25)/t12-/m0/s1. The predicted octanol–water partition coefficient (Wildman–Crippen LogP) is 2.59. The Kier molecular flexibility index (Phi) is 5.80. The number of carbonyl (C=O) groups is 1. The number of nitrogens with one attached hydrogen (secondary N) is 3. The molecule has 0 unspecified atom stereocenters. The fraction of sp³-hybridized carbons (Fsp3) is 0.389. The fourth-order valence-corrected chi connectivity index (χ4v) is 2.78. The molecule has 3 N–H and O–H groups in total. The summed E-state index contributed by atoms with van der Waals surface area (Å²) in [5.74, 6) is 2.28. The molecule has 9 nitrogen and oxygen atoms in total. The van der Waals surface area contributed by atoms with Gasteiger partial charge < -0.3 is 10.6 Å². The van der Waals surface area contributed by atoms with E-state index in [-0.39, 0.29) is 12.1 Å². The average molecular weight is 368 g/mol. The highest BCUT2D eigenvalue weighted by Crippen LogP contribution is 2.13. The third kappa shape index (κ3) is 4.90. The minimum Gasteiger partial charge on any atom is -0.328 e. The summed E-state index contributed by atoms with van der Waals surface area (Å²) in [5.41, 5.74) is 1.78. The summed E-state index contributed by atoms with van der Waals surface area (Å²) < 4.78 is 1.81. The van der Waals surface area contributed by atoms with Gasteiger partial charge in [0.15, 0.2) is 5.82 Å². The summed E-state index contributed by atoms with van der Waals surface area (Å²) in [7, 11) is 0. The van der Waals surface area contributed by atoms with E-state index < -0.39 is 0 Å². The minimum absolute atomic E-state index is 0.243. The molecule has 142 valence electrons. The number of urea groups is 1. The van der Waals surface area contributed by atoms with Crippen LogP contribution in [-0.4, -0.2) is 36.0 Å². The largest absolute Gasteiger partial charge is 0.328 e. The van der Waals surface area contributed by atoms with Crippen LogP contribution in [0.3, 0.4) is 0 Å². The van der Waals surface area contributed by atoms with Gasteiger partial charge in [-0.1, -0.05) is 19.1 Å². The SMILES string of the molecule is CCCn1ncnc1[C@H](C)NC(=O)Nc1ccc(Cc2n[nH]c(C)n2)cc1. The summed E-state index contributed by atoms with van der Waals surface area (Å²) >= 11 is 0. The molecule has 27 heavy (non-hydrogen) atoms. The molecule has 2 heterocycles. The van der Waals surface area contributed by atoms with Gasteiger partial charge in [-0.25, -0.2) is 19.4 Å². The molecule has 0 bridgehead atoms. The Bertz CT molecular complexity index is 883. The van der Waals surface area contributed by atoms with Crippen LogP contribution in [0.15, 0.2) is 30.6 Å². The highest BCUT2D eigenvalue weighted by Gasteiger charge is 2.15. The van der Waals surface area contributed by atoms with Gasteiger partial charge in [0.05, 0.1) is 6.04 Å². The fourth-order valence-electron chi connectivity index (χ4n) is 2.78. The van der Waals surface area contributed by atoms with Crippen molar-refractivity contribution in [3.8, 4) is 0 Å². The molecule has 0 saturated carbocycles. The van der Waals surface area contributed by atoms with E-state index in [9.17, 15) is 4.79 Å². The Morgan fingerprint density at radius 1 is 1.30 bits per heavy atom. The van der Waals surface area contributed by atoms with Crippen molar-refractivity contribution < 1.29 is 4.79 Å². The first-order chi connectivity index (χ1) is 13.0. The predicted molar refractivity (Wildman–Crippen MR) is 101 cm³/mol. The van der Waals surface area contributed by atoms with E-state index >= 15 is 0 Å². The van der Waals surface area contributed by atoms with Crippen LogP contribution >= 0.6 is 0 Å². The third-order valence-corrected chi connectivity index (χ3v) is 4.03. The smallest absolute Gasteiger partial charge is 0.319 e. The third-order valence-electron chi connectivity index (χ3n) is 4.03. The van der Waals surface area contributed by atoms with Crippen molar-refractivity contribution in [3.05, 3.63) is 53.6 Å². The number of carbonyl (C=O) groups excluding carboxylic acids is 1. The summed E-state index contributed by atoms with van der Waals surface area (Å²) in [5, 5.41) is 16.9. The van der Waals surface area contributed by atoms with Crippen molar-refractivity contribution in [1.82, 2.24) is 35.3 Å². The van der Waals surface area contributed by atoms with Gasteiger partial charge in [-0.15, -0.1) is 0 Å². The van der Waals surface area contributed by atoms with Crippen molar-refractivity contribution in [2.24, 2.45) is 0 Å². The lowest BCUT2D eigenvalue weighted by Crippen LogP contribution is -2.32. The number of H-pyrrole nitrogens is 1. The summed E-state index contributed by atoms with van der Waals surface area (Å²) in [6, 6.07) is 7.08. The topological polar surface area (TPSA) is 113 Å². The monoisotopic (exact) mass is 368 g/mol. The first kappa shape index (κ1) is 18.6. The van der Waals surface area contributed by atoms with E-state index in [1.54, 1.807) is 0 Å². The van der Waals surface area contributed by atoms with E-state index in [2.05, 4.69) is 42.8 Å². The van der Waals surface area contributed by atoms with E-state index in [0.717, 1.165) is 36.0 Å². The molecule has 1 aromatic carbocycles. The molecule has 2 aromatic heterocycles. The molecule has 0 saturated heterocycles. The van der Waals surface area contributed by atoms with Crippen LogP contribution in [0, 0.1) is 6.92 Å². The molecule has 0 aliphatic heterocycles. The van der Waals surface area contributed by atoms with Crippen LogP contribution in [0.25, 0.3) is 0 Å². The lowest BCUT2D eigenvalue weighted by Gasteiger charge is -2.15. The van der Waals surface area contributed by atoms with Gasteiger partial charge >= 0.3 is 6.03 Å². The zero-order valence-corrected chi connectivity index (χ0v) is 15.7. The molecule has 0 spiro atoms. The zero-order chi connectivity index (χ0) is 19.2. The quantitative estimate of drug-likeness (QED) is 0.593. The summed E-state index contributed by atoms with van der Waals surface area (Å²) in [6.45, 7) is 6.60. The van der Waals surface area contributed by atoms with Gasteiger partial charge in [0.25, 0.3) is 0 Å². The number of aromatic amines is 1. The molecule has 0 aliphatic rings. The maximum atomic E-state index is 12.3. The molecule has 0 aliphatic carbocycles. The average Bonchev–Trinajstić information content (AvgIpc) is 3.26. The van der Waals surface area contributed by atoms with Gasteiger partial charge in [0.1, 0.15) is 18.0 Å². The molecule has 0 fully saturated rings. The van der Waals surface area contributed by atoms with Crippen molar-refractivity contribution in [2.75, 3.05) is 5.32 Å².